The smallest absolute Gasteiger partial charge is 0.320 e. The Balaban J connectivity index is 1.57. The number of carbonyl (C=O) groups excluding carboxylic acids is 1. The molecule has 3 fully saturated rings. The second-order valence-corrected chi connectivity index (χ2v) is 7.93. The number of rotatable bonds is 3. The average Bonchev–Trinajstić information content (AvgIpc) is 2.73. The first-order chi connectivity index (χ1) is 9.43. The van der Waals surface area contributed by atoms with Crippen LogP contribution in [0.3, 0.4) is 0 Å². The van der Waals surface area contributed by atoms with Crippen molar-refractivity contribution in [3.8, 4) is 0 Å². The van der Waals surface area contributed by atoms with E-state index >= 15 is 0 Å². The summed E-state index contributed by atoms with van der Waals surface area (Å²) >= 11 is 0. The highest BCUT2D eigenvalue weighted by atomic mass is 16.5. The summed E-state index contributed by atoms with van der Waals surface area (Å²) in [5.41, 5.74) is 0.512. The maximum atomic E-state index is 12.2. The van der Waals surface area contributed by atoms with Crippen LogP contribution in [0.1, 0.15) is 59.3 Å². The summed E-state index contributed by atoms with van der Waals surface area (Å²) < 4.78 is 5.91. The molecule has 2 saturated carbocycles. The quantitative estimate of drug-likeness (QED) is 0.743. The van der Waals surface area contributed by atoms with E-state index in [4.69, 9.17) is 4.74 Å². The molecule has 1 heterocycles. The van der Waals surface area contributed by atoms with Gasteiger partial charge in [0, 0.05) is 5.41 Å². The molecule has 114 valence electrons. The van der Waals surface area contributed by atoms with Gasteiger partial charge >= 0.3 is 5.97 Å². The molecule has 3 heteroatoms. The molecular formula is C17H29NO2. The zero-order valence-corrected chi connectivity index (χ0v) is 13.3. The number of hydrogen-bond acceptors (Lipinski definition) is 3. The van der Waals surface area contributed by atoms with Gasteiger partial charge in [0.25, 0.3) is 0 Å². The second-order valence-electron chi connectivity index (χ2n) is 7.93. The minimum atomic E-state index is 0.00137. The van der Waals surface area contributed by atoms with Crippen molar-refractivity contribution in [2.45, 2.75) is 65.4 Å². The Morgan fingerprint density at radius 3 is 2.45 bits per heavy atom. The van der Waals surface area contributed by atoms with Gasteiger partial charge in [0.15, 0.2) is 0 Å². The van der Waals surface area contributed by atoms with Crippen molar-refractivity contribution in [3.63, 3.8) is 0 Å². The highest BCUT2D eigenvalue weighted by Crippen LogP contribution is 2.66. The Morgan fingerprint density at radius 2 is 1.90 bits per heavy atom. The van der Waals surface area contributed by atoms with Crippen molar-refractivity contribution in [2.24, 2.45) is 16.7 Å². The van der Waals surface area contributed by atoms with Crippen molar-refractivity contribution in [1.82, 2.24) is 4.90 Å². The van der Waals surface area contributed by atoms with Crippen LogP contribution in [0.2, 0.25) is 0 Å². The van der Waals surface area contributed by atoms with Crippen LogP contribution < -0.4 is 0 Å². The Kier molecular flexibility index (Phi) is 3.60. The lowest BCUT2D eigenvalue weighted by Gasteiger charge is -2.38. The van der Waals surface area contributed by atoms with Gasteiger partial charge in [-0.05, 0) is 56.5 Å². The average molecular weight is 279 g/mol. The van der Waals surface area contributed by atoms with Gasteiger partial charge in [0.1, 0.15) is 6.10 Å². The molecule has 0 aromatic heterocycles. The Bertz CT molecular complexity index is 386. The molecule has 0 N–H and O–H groups in total. The van der Waals surface area contributed by atoms with E-state index in [1.54, 1.807) is 0 Å². The summed E-state index contributed by atoms with van der Waals surface area (Å²) in [6.07, 6.45) is 7.51. The third kappa shape index (κ3) is 2.18. The number of likely N-dealkylation sites (tertiary alicyclic amines) is 1. The van der Waals surface area contributed by atoms with Crippen LogP contribution in [0.25, 0.3) is 0 Å². The molecule has 2 aliphatic carbocycles. The molecule has 3 nitrogen and oxygen atoms in total. The SMILES string of the molecule is CC1(C)C2CCC1(C)C(OC(=O)CN1CCCCC1)C2. The largest absolute Gasteiger partial charge is 0.461 e. The van der Waals surface area contributed by atoms with E-state index in [1.165, 1.54) is 32.1 Å². The van der Waals surface area contributed by atoms with E-state index < -0.39 is 0 Å². The number of piperidine rings is 1. The van der Waals surface area contributed by atoms with Crippen molar-refractivity contribution >= 4 is 5.97 Å². The van der Waals surface area contributed by atoms with Crippen LogP contribution in [0.5, 0.6) is 0 Å². The fourth-order valence-corrected chi connectivity index (χ4v) is 4.80. The molecule has 0 aromatic carbocycles. The van der Waals surface area contributed by atoms with Gasteiger partial charge in [-0.2, -0.15) is 0 Å². The predicted octanol–water partition coefficient (Wildman–Crippen LogP) is 3.23. The molecule has 1 aliphatic heterocycles. The molecule has 0 radical (unpaired) electrons. The number of carbonyl (C=O) groups is 1. The lowest BCUT2D eigenvalue weighted by Crippen LogP contribution is -2.41. The number of nitrogens with zero attached hydrogens (tertiary/aromatic N) is 1. The van der Waals surface area contributed by atoms with Crippen LogP contribution >= 0.6 is 0 Å². The van der Waals surface area contributed by atoms with Gasteiger partial charge in [-0.3, -0.25) is 9.69 Å². The van der Waals surface area contributed by atoms with E-state index in [1.807, 2.05) is 0 Å². The van der Waals surface area contributed by atoms with Crippen molar-refractivity contribution < 1.29 is 9.53 Å². The van der Waals surface area contributed by atoms with E-state index in [-0.39, 0.29) is 17.5 Å². The molecule has 1 saturated heterocycles. The first-order valence-corrected chi connectivity index (χ1v) is 8.35. The van der Waals surface area contributed by atoms with E-state index in [9.17, 15) is 4.79 Å². The lowest BCUT2D eigenvalue weighted by atomic mass is 9.70. The zero-order valence-electron chi connectivity index (χ0n) is 13.3. The fraction of sp³-hybridized carbons (Fsp3) is 0.941. The molecule has 3 aliphatic rings. The highest BCUT2D eigenvalue weighted by molar-refractivity contribution is 5.72. The van der Waals surface area contributed by atoms with Gasteiger partial charge < -0.3 is 4.74 Å². The van der Waals surface area contributed by atoms with Gasteiger partial charge in [0.05, 0.1) is 6.54 Å². The molecule has 0 aromatic rings. The molecular weight excluding hydrogens is 250 g/mol. The first kappa shape index (κ1) is 14.4. The molecule has 0 spiro atoms. The topological polar surface area (TPSA) is 29.5 Å². The summed E-state index contributed by atoms with van der Waals surface area (Å²) in [5, 5.41) is 0. The van der Waals surface area contributed by atoms with Crippen LogP contribution in [-0.4, -0.2) is 36.6 Å². The van der Waals surface area contributed by atoms with Gasteiger partial charge in [-0.25, -0.2) is 0 Å². The van der Waals surface area contributed by atoms with Crippen molar-refractivity contribution in [2.75, 3.05) is 19.6 Å². The number of fused-ring (bicyclic) bond motifs is 2. The van der Waals surface area contributed by atoms with Crippen LogP contribution in [0.4, 0.5) is 0 Å². The molecule has 2 bridgehead atoms. The van der Waals surface area contributed by atoms with E-state index in [2.05, 4.69) is 25.7 Å². The third-order valence-electron chi connectivity index (χ3n) is 6.79. The highest BCUT2D eigenvalue weighted by Gasteiger charge is 2.62. The predicted molar refractivity (Wildman–Crippen MR) is 79.4 cm³/mol. The number of ether oxygens (including phenoxy) is 1. The van der Waals surface area contributed by atoms with Crippen LogP contribution in [0, 0.1) is 16.7 Å². The molecule has 3 rings (SSSR count). The third-order valence-corrected chi connectivity index (χ3v) is 6.79. The van der Waals surface area contributed by atoms with Crippen molar-refractivity contribution in [1.29, 1.82) is 0 Å². The zero-order chi connectivity index (χ0) is 14.4. The Hall–Kier alpha value is -0.570. The van der Waals surface area contributed by atoms with Gasteiger partial charge in [-0.15, -0.1) is 0 Å². The van der Waals surface area contributed by atoms with E-state index in [0.29, 0.717) is 12.0 Å². The van der Waals surface area contributed by atoms with Gasteiger partial charge in [-0.1, -0.05) is 27.2 Å². The summed E-state index contributed by atoms with van der Waals surface area (Å²) in [6, 6.07) is 0. The number of esters is 1. The summed E-state index contributed by atoms with van der Waals surface area (Å²) in [4.78, 5) is 14.5. The maximum absolute atomic E-state index is 12.2. The molecule has 3 atom stereocenters. The maximum Gasteiger partial charge on any atom is 0.320 e. The van der Waals surface area contributed by atoms with Gasteiger partial charge in [0.2, 0.25) is 0 Å². The van der Waals surface area contributed by atoms with E-state index in [0.717, 1.165) is 25.4 Å². The monoisotopic (exact) mass is 279 g/mol. The Labute approximate surface area is 123 Å². The summed E-state index contributed by atoms with van der Waals surface area (Å²) in [5.74, 6) is 0.738. The summed E-state index contributed by atoms with van der Waals surface area (Å²) in [7, 11) is 0. The summed E-state index contributed by atoms with van der Waals surface area (Å²) in [6.45, 7) is 9.68. The van der Waals surface area contributed by atoms with Crippen LogP contribution in [0.15, 0.2) is 0 Å². The standard InChI is InChI=1S/C17H29NO2/c1-16(2)13-7-8-17(16,3)14(11-13)20-15(19)12-18-9-5-4-6-10-18/h13-14H,4-12H2,1-3H3. The number of hydrogen-bond donors (Lipinski definition) is 0. The first-order valence-electron chi connectivity index (χ1n) is 8.35. The Morgan fingerprint density at radius 1 is 1.20 bits per heavy atom. The normalized spacial score (nSPS) is 40.0. The fourth-order valence-electron chi connectivity index (χ4n) is 4.80. The second kappa shape index (κ2) is 5.01. The molecule has 20 heavy (non-hydrogen) atoms. The minimum Gasteiger partial charge on any atom is -0.461 e. The minimum absolute atomic E-state index is 0.00137. The van der Waals surface area contributed by atoms with Crippen molar-refractivity contribution in [3.05, 3.63) is 0 Å². The molecule has 0 amide bonds. The lowest BCUT2D eigenvalue weighted by molar-refractivity contribution is -0.158. The van der Waals surface area contributed by atoms with Crippen LogP contribution in [-0.2, 0) is 9.53 Å². The molecule has 3 unspecified atom stereocenters.